The van der Waals surface area contributed by atoms with Crippen molar-refractivity contribution >= 4 is 0 Å². The lowest BCUT2D eigenvalue weighted by molar-refractivity contribution is 0.0626. The molecular formula is C14H21NO2. The Labute approximate surface area is 103 Å². The largest absolute Gasteiger partial charge is 0.497 e. The Kier molecular flexibility index (Phi) is 4.02. The average molecular weight is 235 g/mol. The average Bonchev–Trinajstić information content (AvgIpc) is 2.49. The van der Waals surface area contributed by atoms with Gasteiger partial charge in [0, 0.05) is 19.2 Å². The topological polar surface area (TPSA) is 30.5 Å². The highest BCUT2D eigenvalue weighted by Gasteiger charge is 2.21. The van der Waals surface area contributed by atoms with Gasteiger partial charge >= 0.3 is 0 Å². The number of ether oxygens (including phenoxy) is 2. The zero-order valence-corrected chi connectivity index (χ0v) is 10.8. The minimum Gasteiger partial charge on any atom is -0.497 e. The second-order valence-electron chi connectivity index (χ2n) is 4.52. The molecule has 0 spiro atoms. The first kappa shape index (κ1) is 12.4. The van der Waals surface area contributed by atoms with Crippen molar-refractivity contribution in [1.29, 1.82) is 0 Å². The molecule has 94 valence electrons. The predicted octanol–water partition coefficient (Wildman–Crippen LogP) is 2.31. The molecule has 0 saturated heterocycles. The Bertz CT molecular complexity index is 378. The highest BCUT2D eigenvalue weighted by Crippen LogP contribution is 2.28. The number of benzene rings is 1. The Morgan fingerprint density at radius 1 is 1.41 bits per heavy atom. The van der Waals surface area contributed by atoms with E-state index in [4.69, 9.17) is 9.47 Å². The van der Waals surface area contributed by atoms with Gasteiger partial charge < -0.3 is 14.8 Å². The van der Waals surface area contributed by atoms with E-state index in [0.717, 1.165) is 25.3 Å². The van der Waals surface area contributed by atoms with E-state index >= 15 is 0 Å². The molecule has 1 aromatic rings. The van der Waals surface area contributed by atoms with E-state index in [2.05, 4.69) is 24.4 Å². The van der Waals surface area contributed by atoms with E-state index in [-0.39, 0.29) is 6.10 Å². The van der Waals surface area contributed by atoms with Gasteiger partial charge in [-0.2, -0.15) is 0 Å². The molecule has 0 saturated carbocycles. The highest BCUT2D eigenvalue weighted by molar-refractivity contribution is 5.38. The molecule has 3 nitrogen and oxygen atoms in total. The second kappa shape index (κ2) is 5.52. The van der Waals surface area contributed by atoms with Gasteiger partial charge in [-0.3, -0.25) is 0 Å². The summed E-state index contributed by atoms with van der Waals surface area (Å²) in [6, 6.07) is 6.76. The van der Waals surface area contributed by atoms with Crippen LogP contribution in [-0.2, 0) is 11.2 Å². The van der Waals surface area contributed by atoms with E-state index in [9.17, 15) is 0 Å². The molecule has 1 aliphatic rings. The van der Waals surface area contributed by atoms with E-state index in [1.54, 1.807) is 7.11 Å². The van der Waals surface area contributed by atoms with Crippen molar-refractivity contribution in [3.05, 3.63) is 29.3 Å². The maximum absolute atomic E-state index is 5.81. The van der Waals surface area contributed by atoms with E-state index in [1.807, 2.05) is 13.0 Å². The molecule has 0 amide bonds. The summed E-state index contributed by atoms with van der Waals surface area (Å²) in [4.78, 5) is 0. The molecule has 3 heteroatoms. The molecule has 0 fully saturated rings. The van der Waals surface area contributed by atoms with Crippen LogP contribution in [0.15, 0.2) is 18.2 Å². The molecule has 2 unspecified atom stereocenters. The summed E-state index contributed by atoms with van der Waals surface area (Å²) < 4.78 is 11.1. The zero-order chi connectivity index (χ0) is 12.3. The first-order chi connectivity index (χ1) is 8.24. The molecule has 1 N–H and O–H groups in total. The van der Waals surface area contributed by atoms with Crippen molar-refractivity contribution in [2.45, 2.75) is 32.4 Å². The molecule has 1 aliphatic heterocycles. The number of fused-ring (bicyclic) bond motifs is 1. The fourth-order valence-corrected chi connectivity index (χ4v) is 2.37. The van der Waals surface area contributed by atoms with Crippen LogP contribution in [0, 0.1) is 0 Å². The number of nitrogens with one attached hydrogen (secondary N) is 1. The fraction of sp³-hybridized carbons (Fsp3) is 0.571. The van der Waals surface area contributed by atoms with Crippen LogP contribution in [-0.4, -0.2) is 26.3 Å². The summed E-state index contributed by atoms with van der Waals surface area (Å²) in [5.41, 5.74) is 2.63. The number of hydrogen-bond acceptors (Lipinski definition) is 3. The quantitative estimate of drug-likeness (QED) is 0.872. The van der Waals surface area contributed by atoms with E-state index in [0.29, 0.717) is 6.04 Å². The Morgan fingerprint density at radius 2 is 2.24 bits per heavy atom. The monoisotopic (exact) mass is 235 g/mol. The van der Waals surface area contributed by atoms with Crippen LogP contribution in [0.2, 0.25) is 0 Å². The van der Waals surface area contributed by atoms with Crippen LogP contribution in [0.25, 0.3) is 0 Å². The highest BCUT2D eigenvalue weighted by atomic mass is 16.5. The number of methoxy groups -OCH3 is 1. The van der Waals surface area contributed by atoms with Gasteiger partial charge in [0.05, 0.1) is 13.2 Å². The molecule has 17 heavy (non-hydrogen) atoms. The lowest BCUT2D eigenvalue weighted by Gasteiger charge is -2.18. The van der Waals surface area contributed by atoms with Gasteiger partial charge in [-0.25, -0.2) is 0 Å². The minimum atomic E-state index is 0.158. The van der Waals surface area contributed by atoms with Crippen LogP contribution in [0.1, 0.15) is 31.1 Å². The van der Waals surface area contributed by atoms with E-state index in [1.165, 1.54) is 11.1 Å². The Balaban J connectivity index is 2.34. The standard InChI is InChI=1S/C14H21NO2/c1-4-17-14-9-15-10(2)7-11-8-12(16-3)5-6-13(11)14/h5-6,8,10,14-15H,4,7,9H2,1-3H3. The lowest BCUT2D eigenvalue weighted by atomic mass is 9.99. The minimum absolute atomic E-state index is 0.158. The Morgan fingerprint density at radius 3 is 2.94 bits per heavy atom. The van der Waals surface area contributed by atoms with Crippen molar-refractivity contribution < 1.29 is 9.47 Å². The molecule has 0 bridgehead atoms. The van der Waals surface area contributed by atoms with Crippen LogP contribution in [0.5, 0.6) is 5.75 Å². The molecule has 0 radical (unpaired) electrons. The van der Waals surface area contributed by atoms with Gasteiger partial charge in [0.1, 0.15) is 5.75 Å². The zero-order valence-electron chi connectivity index (χ0n) is 10.8. The van der Waals surface area contributed by atoms with Gasteiger partial charge in [0.15, 0.2) is 0 Å². The fourth-order valence-electron chi connectivity index (χ4n) is 2.37. The smallest absolute Gasteiger partial charge is 0.119 e. The van der Waals surface area contributed by atoms with Gasteiger partial charge in [0.25, 0.3) is 0 Å². The third-order valence-corrected chi connectivity index (χ3v) is 3.24. The third kappa shape index (κ3) is 2.79. The predicted molar refractivity (Wildman–Crippen MR) is 68.5 cm³/mol. The maximum Gasteiger partial charge on any atom is 0.119 e. The third-order valence-electron chi connectivity index (χ3n) is 3.24. The number of hydrogen-bond donors (Lipinski definition) is 1. The Hall–Kier alpha value is -1.06. The summed E-state index contributed by atoms with van der Waals surface area (Å²) in [6.45, 7) is 5.87. The molecular weight excluding hydrogens is 214 g/mol. The first-order valence-electron chi connectivity index (χ1n) is 6.26. The summed E-state index contributed by atoms with van der Waals surface area (Å²) in [7, 11) is 1.71. The van der Waals surface area contributed by atoms with Crippen LogP contribution in [0.3, 0.4) is 0 Å². The summed E-state index contributed by atoms with van der Waals surface area (Å²) >= 11 is 0. The maximum atomic E-state index is 5.81. The van der Waals surface area contributed by atoms with Crippen LogP contribution in [0.4, 0.5) is 0 Å². The summed E-state index contributed by atoms with van der Waals surface area (Å²) in [5, 5.41) is 3.50. The van der Waals surface area contributed by atoms with Gasteiger partial charge in [-0.05, 0) is 43.5 Å². The van der Waals surface area contributed by atoms with E-state index < -0.39 is 0 Å². The summed E-state index contributed by atoms with van der Waals surface area (Å²) in [5.74, 6) is 0.924. The molecule has 0 aromatic heterocycles. The van der Waals surface area contributed by atoms with Gasteiger partial charge in [-0.1, -0.05) is 6.07 Å². The van der Waals surface area contributed by atoms with Crippen molar-refractivity contribution in [2.24, 2.45) is 0 Å². The first-order valence-corrected chi connectivity index (χ1v) is 6.26. The van der Waals surface area contributed by atoms with Crippen LogP contribution >= 0.6 is 0 Å². The van der Waals surface area contributed by atoms with Crippen LogP contribution < -0.4 is 10.1 Å². The molecule has 0 aliphatic carbocycles. The summed E-state index contributed by atoms with van der Waals surface area (Å²) in [6.07, 6.45) is 1.18. The van der Waals surface area contributed by atoms with Crippen molar-refractivity contribution in [3.63, 3.8) is 0 Å². The number of rotatable bonds is 3. The molecule has 2 rings (SSSR count). The van der Waals surface area contributed by atoms with Crippen molar-refractivity contribution in [1.82, 2.24) is 5.32 Å². The molecule has 2 atom stereocenters. The molecule has 1 heterocycles. The second-order valence-corrected chi connectivity index (χ2v) is 4.52. The normalized spacial score (nSPS) is 23.9. The van der Waals surface area contributed by atoms with Crippen molar-refractivity contribution in [2.75, 3.05) is 20.3 Å². The van der Waals surface area contributed by atoms with Crippen molar-refractivity contribution in [3.8, 4) is 5.75 Å². The van der Waals surface area contributed by atoms with Gasteiger partial charge in [0.2, 0.25) is 0 Å². The SMILES string of the molecule is CCOC1CNC(C)Cc2cc(OC)ccc21. The molecule has 1 aromatic carbocycles. The lowest BCUT2D eigenvalue weighted by Crippen LogP contribution is -2.29. The van der Waals surface area contributed by atoms with Gasteiger partial charge in [-0.15, -0.1) is 0 Å².